The van der Waals surface area contributed by atoms with Crippen molar-refractivity contribution in [2.45, 2.75) is 12.1 Å². The summed E-state index contributed by atoms with van der Waals surface area (Å²) in [5.41, 5.74) is 5.21. The first kappa shape index (κ1) is 14.4. The molecule has 4 aromatic rings. The number of hydrogen-bond donors (Lipinski definition) is 0. The van der Waals surface area contributed by atoms with Gasteiger partial charge in [0.1, 0.15) is 5.69 Å². The highest BCUT2D eigenvalue weighted by molar-refractivity contribution is 7.98. The molecule has 0 fully saturated rings. The van der Waals surface area contributed by atoms with Gasteiger partial charge in [-0.3, -0.25) is 4.40 Å². The maximum atomic E-state index is 4.82. The molecule has 0 saturated heterocycles. The molecule has 0 aliphatic heterocycles. The Labute approximate surface area is 142 Å². The van der Waals surface area contributed by atoms with Crippen molar-refractivity contribution in [1.29, 1.82) is 0 Å². The first-order valence-corrected chi connectivity index (χ1v) is 9.26. The highest BCUT2D eigenvalue weighted by Crippen LogP contribution is 2.33. The average Bonchev–Trinajstić information content (AvgIpc) is 3.16. The number of rotatable bonds is 3. The molecule has 0 spiro atoms. The quantitative estimate of drug-likeness (QED) is 0.406. The number of benzene rings is 1. The van der Waals surface area contributed by atoms with Gasteiger partial charge in [-0.2, -0.15) is 0 Å². The molecule has 0 saturated carbocycles. The summed E-state index contributed by atoms with van der Waals surface area (Å²) in [6.07, 6.45) is 5.83. The molecule has 6 heteroatoms. The molecule has 0 unspecified atom stereocenters. The van der Waals surface area contributed by atoms with Crippen LogP contribution in [-0.2, 0) is 0 Å². The molecule has 0 amide bonds. The highest BCUT2D eigenvalue weighted by atomic mass is 32.2. The van der Waals surface area contributed by atoms with E-state index in [0.29, 0.717) is 0 Å². The monoisotopic (exact) mass is 338 g/mol. The Kier molecular flexibility index (Phi) is 3.63. The van der Waals surface area contributed by atoms with Crippen LogP contribution in [0.25, 0.3) is 27.6 Å². The van der Waals surface area contributed by atoms with Gasteiger partial charge in [0.25, 0.3) is 0 Å². The molecule has 4 nitrogen and oxygen atoms in total. The van der Waals surface area contributed by atoms with E-state index in [-0.39, 0.29) is 0 Å². The van der Waals surface area contributed by atoms with Gasteiger partial charge in [-0.15, -0.1) is 11.3 Å². The summed E-state index contributed by atoms with van der Waals surface area (Å²) in [6, 6.07) is 10.4. The molecule has 1 aromatic carbocycles. The smallest absolute Gasteiger partial charge is 0.194 e. The van der Waals surface area contributed by atoms with Crippen molar-refractivity contribution in [2.24, 2.45) is 0 Å². The summed E-state index contributed by atoms with van der Waals surface area (Å²) in [7, 11) is 0. The lowest BCUT2D eigenvalue weighted by atomic mass is 10.1. The lowest BCUT2D eigenvalue weighted by Crippen LogP contribution is -1.93. The lowest BCUT2D eigenvalue weighted by Gasteiger charge is -2.05. The molecule has 0 aliphatic carbocycles. The van der Waals surface area contributed by atoms with Crippen molar-refractivity contribution in [1.82, 2.24) is 19.4 Å². The van der Waals surface area contributed by atoms with Gasteiger partial charge in [0, 0.05) is 23.3 Å². The van der Waals surface area contributed by atoms with E-state index in [2.05, 4.69) is 45.6 Å². The molecule has 3 heterocycles. The topological polar surface area (TPSA) is 43.1 Å². The predicted molar refractivity (Wildman–Crippen MR) is 96.0 cm³/mol. The summed E-state index contributed by atoms with van der Waals surface area (Å²) in [5.74, 6) is 0. The van der Waals surface area contributed by atoms with Crippen LogP contribution in [0.2, 0.25) is 0 Å². The average molecular weight is 338 g/mol. The molecular formula is C17H14N4S2. The van der Waals surface area contributed by atoms with Gasteiger partial charge < -0.3 is 0 Å². The van der Waals surface area contributed by atoms with Crippen LogP contribution >= 0.6 is 23.1 Å². The Hall–Kier alpha value is -2.18. The Bertz CT molecular complexity index is 970. The van der Waals surface area contributed by atoms with E-state index >= 15 is 0 Å². The maximum Gasteiger partial charge on any atom is 0.194 e. The number of aromatic nitrogens is 4. The standard InChI is InChI=1S/C17H14N4S2/c1-11-3-5-12(6-4-11)14-15(21-9-10-23-17(21)20-14)13-7-8-18-16(19-13)22-2/h3-10H,1-2H3. The number of imidazole rings is 1. The van der Waals surface area contributed by atoms with Crippen LogP contribution in [0.5, 0.6) is 0 Å². The first-order valence-electron chi connectivity index (χ1n) is 7.16. The summed E-state index contributed by atoms with van der Waals surface area (Å²) in [4.78, 5) is 14.7. The van der Waals surface area contributed by atoms with Crippen molar-refractivity contribution >= 4 is 28.1 Å². The van der Waals surface area contributed by atoms with E-state index in [1.165, 1.54) is 5.56 Å². The molecule has 0 aliphatic rings. The minimum atomic E-state index is 0.766. The third-order valence-corrected chi connectivity index (χ3v) is 4.96. The van der Waals surface area contributed by atoms with Crippen LogP contribution in [-0.4, -0.2) is 25.6 Å². The molecular weight excluding hydrogens is 324 g/mol. The summed E-state index contributed by atoms with van der Waals surface area (Å²) < 4.78 is 2.10. The molecule has 0 bridgehead atoms. The Morgan fingerprint density at radius 1 is 1.09 bits per heavy atom. The van der Waals surface area contributed by atoms with Gasteiger partial charge >= 0.3 is 0 Å². The van der Waals surface area contributed by atoms with E-state index in [9.17, 15) is 0 Å². The van der Waals surface area contributed by atoms with Gasteiger partial charge in [0.2, 0.25) is 0 Å². The number of thiazole rings is 1. The molecule has 114 valence electrons. The predicted octanol–water partition coefficient (Wildman–Crippen LogP) is 4.55. The summed E-state index contributed by atoms with van der Waals surface area (Å²) in [5, 5.41) is 2.81. The van der Waals surface area contributed by atoms with Crippen molar-refractivity contribution in [3.63, 3.8) is 0 Å². The van der Waals surface area contributed by atoms with E-state index < -0.39 is 0 Å². The van der Waals surface area contributed by atoms with Gasteiger partial charge in [-0.25, -0.2) is 15.0 Å². The Morgan fingerprint density at radius 3 is 2.70 bits per heavy atom. The van der Waals surface area contributed by atoms with Crippen molar-refractivity contribution in [3.05, 3.63) is 53.7 Å². The fraction of sp³-hybridized carbons (Fsp3) is 0.118. The van der Waals surface area contributed by atoms with Gasteiger partial charge in [-0.05, 0) is 19.2 Å². The fourth-order valence-corrected chi connectivity index (χ4v) is 3.58. The van der Waals surface area contributed by atoms with E-state index in [0.717, 1.165) is 32.8 Å². The molecule has 3 aromatic heterocycles. The Morgan fingerprint density at radius 2 is 1.91 bits per heavy atom. The number of fused-ring (bicyclic) bond motifs is 1. The zero-order valence-electron chi connectivity index (χ0n) is 12.7. The first-order chi connectivity index (χ1) is 11.3. The van der Waals surface area contributed by atoms with Crippen LogP contribution in [0.4, 0.5) is 0 Å². The molecule has 23 heavy (non-hydrogen) atoms. The Balaban J connectivity index is 1.98. The second-order valence-electron chi connectivity index (χ2n) is 5.16. The van der Waals surface area contributed by atoms with E-state index in [1.807, 2.05) is 23.9 Å². The second-order valence-corrected chi connectivity index (χ2v) is 6.81. The van der Waals surface area contributed by atoms with E-state index in [4.69, 9.17) is 4.98 Å². The second kappa shape index (κ2) is 5.79. The minimum absolute atomic E-state index is 0.766. The molecule has 0 radical (unpaired) electrons. The fourth-order valence-electron chi connectivity index (χ4n) is 2.51. The zero-order valence-corrected chi connectivity index (χ0v) is 14.4. The third-order valence-electron chi connectivity index (χ3n) is 3.65. The molecule has 4 rings (SSSR count). The highest BCUT2D eigenvalue weighted by Gasteiger charge is 2.18. The van der Waals surface area contributed by atoms with Crippen LogP contribution in [0.15, 0.2) is 53.3 Å². The number of thioether (sulfide) groups is 1. The maximum absolute atomic E-state index is 4.82. The largest absolute Gasteiger partial charge is 0.288 e. The molecule has 0 N–H and O–H groups in total. The van der Waals surface area contributed by atoms with Crippen LogP contribution in [0.1, 0.15) is 5.56 Å². The SMILES string of the molecule is CSc1nccc(-c2c(-c3ccc(C)cc3)nc3sccn23)n1. The van der Waals surface area contributed by atoms with Gasteiger partial charge in [-0.1, -0.05) is 41.6 Å². The summed E-state index contributed by atoms with van der Waals surface area (Å²) >= 11 is 3.17. The van der Waals surface area contributed by atoms with Crippen LogP contribution in [0.3, 0.4) is 0 Å². The lowest BCUT2D eigenvalue weighted by molar-refractivity contribution is 0.969. The van der Waals surface area contributed by atoms with Crippen molar-refractivity contribution in [2.75, 3.05) is 6.26 Å². The number of aryl methyl sites for hydroxylation is 1. The summed E-state index contributed by atoms with van der Waals surface area (Å²) in [6.45, 7) is 2.09. The van der Waals surface area contributed by atoms with Crippen LogP contribution in [0, 0.1) is 6.92 Å². The zero-order chi connectivity index (χ0) is 15.8. The van der Waals surface area contributed by atoms with Gasteiger partial charge in [0.15, 0.2) is 10.1 Å². The van der Waals surface area contributed by atoms with E-state index in [1.54, 1.807) is 29.3 Å². The van der Waals surface area contributed by atoms with Crippen molar-refractivity contribution < 1.29 is 0 Å². The van der Waals surface area contributed by atoms with Gasteiger partial charge in [0.05, 0.1) is 11.4 Å². The number of hydrogen-bond acceptors (Lipinski definition) is 5. The minimum Gasteiger partial charge on any atom is -0.288 e. The third kappa shape index (κ3) is 2.54. The normalized spacial score (nSPS) is 11.2. The number of nitrogens with zero attached hydrogens (tertiary/aromatic N) is 4. The van der Waals surface area contributed by atoms with Crippen molar-refractivity contribution in [3.8, 4) is 22.6 Å². The van der Waals surface area contributed by atoms with Crippen LogP contribution < -0.4 is 0 Å². The molecule has 0 atom stereocenters.